The lowest BCUT2D eigenvalue weighted by atomic mass is 10.1. The van der Waals surface area contributed by atoms with Crippen LogP contribution in [-0.4, -0.2) is 25.8 Å². The number of methoxy groups -OCH3 is 1. The molecule has 0 saturated carbocycles. The molecule has 0 unspecified atom stereocenters. The van der Waals surface area contributed by atoms with Crippen molar-refractivity contribution in [3.8, 4) is 17.5 Å². The van der Waals surface area contributed by atoms with Gasteiger partial charge in [-0.2, -0.15) is 5.26 Å². The summed E-state index contributed by atoms with van der Waals surface area (Å²) < 4.78 is 9.97. The molecule has 8 heteroatoms. The Morgan fingerprint density at radius 1 is 1.09 bits per heavy atom. The highest BCUT2D eigenvalue weighted by Gasteiger charge is 2.21. The number of nitrogens with zero attached hydrogens (tertiary/aromatic N) is 5. The normalized spacial score (nSPS) is 11.1. The second-order valence-corrected chi connectivity index (χ2v) is 8.28. The van der Waals surface area contributed by atoms with Crippen LogP contribution in [0, 0.1) is 17.2 Å². The molecule has 0 radical (unpaired) electrons. The van der Waals surface area contributed by atoms with E-state index in [1.165, 1.54) is 9.13 Å². The Kier molecular flexibility index (Phi) is 6.13. The lowest BCUT2D eigenvalue weighted by molar-refractivity contribution is 0.412. The zero-order valence-electron chi connectivity index (χ0n) is 18.9. The summed E-state index contributed by atoms with van der Waals surface area (Å²) in [5, 5.41) is 9.04. The maximum absolute atomic E-state index is 13.5. The molecule has 2 aromatic carbocycles. The standard InChI is InChI=1S/C25H25N5O3/c1-17(2)12-13-29-24(31)22-23(30(25(29)32)20-6-4-5-7-21(20)33-3)27-16-28(22)15-19-10-8-18(14-26)9-11-19/h4-11,16-17H,12-13,15H2,1-3H3. The molecule has 0 fully saturated rings. The molecular weight excluding hydrogens is 418 g/mol. The Balaban J connectivity index is 1.96. The summed E-state index contributed by atoms with van der Waals surface area (Å²) in [6, 6.07) is 16.4. The van der Waals surface area contributed by atoms with Crippen molar-refractivity contribution in [3.05, 3.63) is 86.8 Å². The second kappa shape index (κ2) is 9.17. The first-order chi connectivity index (χ1) is 15.9. The van der Waals surface area contributed by atoms with E-state index in [0.29, 0.717) is 47.9 Å². The number of hydrogen-bond acceptors (Lipinski definition) is 5. The van der Waals surface area contributed by atoms with Gasteiger partial charge in [-0.3, -0.25) is 9.36 Å². The Bertz CT molecular complexity index is 1450. The fourth-order valence-corrected chi connectivity index (χ4v) is 3.80. The highest BCUT2D eigenvalue weighted by Crippen LogP contribution is 2.23. The molecule has 0 saturated heterocycles. The number of ether oxygens (including phenoxy) is 1. The summed E-state index contributed by atoms with van der Waals surface area (Å²) in [7, 11) is 1.54. The number of fused-ring (bicyclic) bond motifs is 1. The van der Waals surface area contributed by atoms with E-state index in [0.717, 1.165) is 5.56 Å². The molecule has 0 amide bonds. The Hall–Kier alpha value is -4.12. The van der Waals surface area contributed by atoms with Gasteiger partial charge in [0.05, 0.1) is 30.8 Å². The number of hydrogen-bond donors (Lipinski definition) is 0. The summed E-state index contributed by atoms with van der Waals surface area (Å²) in [6.07, 6.45) is 2.26. The van der Waals surface area contributed by atoms with Crippen molar-refractivity contribution < 1.29 is 4.74 Å². The van der Waals surface area contributed by atoms with Crippen LogP contribution in [0.2, 0.25) is 0 Å². The van der Waals surface area contributed by atoms with Crippen molar-refractivity contribution in [1.82, 2.24) is 18.7 Å². The number of rotatable bonds is 7. The van der Waals surface area contributed by atoms with E-state index < -0.39 is 5.69 Å². The summed E-state index contributed by atoms with van der Waals surface area (Å²) in [6.45, 7) is 4.79. The summed E-state index contributed by atoms with van der Waals surface area (Å²) in [4.78, 5) is 31.5. The minimum Gasteiger partial charge on any atom is -0.495 e. The largest absolute Gasteiger partial charge is 0.495 e. The topological polar surface area (TPSA) is 94.8 Å². The average molecular weight is 444 g/mol. The molecule has 8 nitrogen and oxygen atoms in total. The predicted molar refractivity (Wildman–Crippen MR) is 126 cm³/mol. The fraction of sp³-hybridized carbons (Fsp3) is 0.280. The number of nitriles is 1. The molecule has 2 heterocycles. The molecular formula is C25H25N5O3. The van der Waals surface area contributed by atoms with Gasteiger partial charge in [-0.1, -0.05) is 38.1 Å². The van der Waals surface area contributed by atoms with Crippen LogP contribution in [0.25, 0.3) is 16.9 Å². The van der Waals surface area contributed by atoms with E-state index in [2.05, 4.69) is 24.9 Å². The maximum atomic E-state index is 13.5. The predicted octanol–water partition coefficient (Wildman–Crippen LogP) is 3.32. The van der Waals surface area contributed by atoms with Gasteiger partial charge in [-0.15, -0.1) is 0 Å². The molecule has 33 heavy (non-hydrogen) atoms. The zero-order chi connectivity index (χ0) is 23.5. The number of benzene rings is 2. The highest BCUT2D eigenvalue weighted by atomic mass is 16.5. The first-order valence-corrected chi connectivity index (χ1v) is 10.8. The van der Waals surface area contributed by atoms with E-state index in [1.54, 1.807) is 42.3 Å². The molecule has 0 N–H and O–H groups in total. The third-order valence-corrected chi connectivity index (χ3v) is 5.59. The third-order valence-electron chi connectivity index (χ3n) is 5.59. The summed E-state index contributed by atoms with van der Waals surface area (Å²) in [5.41, 5.74) is 1.82. The summed E-state index contributed by atoms with van der Waals surface area (Å²) in [5.74, 6) is 0.840. The minimum atomic E-state index is -0.443. The maximum Gasteiger partial charge on any atom is 0.337 e. The monoisotopic (exact) mass is 443 g/mol. The molecule has 0 aliphatic carbocycles. The van der Waals surface area contributed by atoms with Gasteiger partial charge >= 0.3 is 5.69 Å². The lowest BCUT2D eigenvalue weighted by Gasteiger charge is -2.15. The first kappa shape index (κ1) is 22.1. The smallest absolute Gasteiger partial charge is 0.337 e. The quantitative estimate of drug-likeness (QED) is 0.437. The van der Waals surface area contributed by atoms with Crippen LogP contribution >= 0.6 is 0 Å². The minimum absolute atomic E-state index is 0.281. The van der Waals surface area contributed by atoms with Crippen LogP contribution in [0.5, 0.6) is 5.75 Å². The van der Waals surface area contributed by atoms with Gasteiger partial charge in [0, 0.05) is 13.1 Å². The van der Waals surface area contributed by atoms with Crippen molar-refractivity contribution in [1.29, 1.82) is 5.26 Å². The van der Waals surface area contributed by atoms with E-state index in [-0.39, 0.29) is 11.2 Å². The van der Waals surface area contributed by atoms with Crippen molar-refractivity contribution >= 4 is 11.2 Å². The third kappa shape index (κ3) is 4.17. The Morgan fingerprint density at radius 3 is 2.48 bits per heavy atom. The fourth-order valence-electron chi connectivity index (χ4n) is 3.80. The number of imidazole rings is 1. The molecule has 168 valence electrons. The molecule has 0 aliphatic heterocycles. The van der Waals surface area contributed by atoms with Crippen molar-refractivity contribution in [2.45, 2.75) is 33.4 Å². The molecule has 0 bridgehead atoms. The molecule has 0 atom stereocenters. The first-order valence-electron chi connectivity index (χ1n) is 10.8. The van der Waals surface area contributed by atoms with E-state index in [1.807, 2.05) is 24.3 Å². The van der Waals surface area contributed by atoms with Gasteiger partial charge in [-0.05, 0) is 42.2 Å². The van der Waals surface area contributed by atoms with Crippen molar-refractivity contribution in [2.24, 2.45) is 5.92 Å². The van der Waals surface area contributed by atoms with Crippen molar-refractivity contribution in [2.75, 3.05) is 7.11 Å². The van der Waals surface area contributed by atoms with E-state index in [4.69, 9.17) is 10.00 Å². The zero-order valence-corrected chi connectivity index (χ0v) is 18.9. The van der Waals surface area contributed by atoms with E-state index in [9.17, 15) is 9.59 Å². The van der Waals surface area contributed by atoms with Gasteiger partial charge in [0.2, 0.25) is 0 Å². The van der Waals surface area contributed by atoms with Crippen LogP contribution in [0.1, 0.15) is 31.4 Å². The van der Waals surface area contributed by atoms with E-state index >= 15 is 0 Å². The average Bonchev–Trinajstić information content (AvgIpc) is 3.23. The van der Waals surface area contributed by atoms with Gasteiger partial charge in [0.15, 0.2) is 11.2 Å². The molecule has 4 aromatic rings. The van der Waals surface area contributed by atoms with Crippen LogP contribution in [-0.2, 0) is 13.1 Å². The molecule has 0 spiro atoms. The van der Waals surface area contributed by atoms with Gasteiger partial charge < -0.3 is 9.30 Å². The van der Waals surface area contributed by atoms with Crippen molar-refractivity contribution in [3.63, 3.8) is 0 Å². The lowest BCUT2D eigenvalue weighted by Crippen LogP contribution is -2.40. The van der Waals surface area contributed by atoms with Gasteiger partial charge in [0.25, 0.3) is 5.56 Å². The van der Waals surface area contributed by atoms with Gasteiger partial charge in [0.1, 0.15) is 5.75 Å². The number of para-hydroxylation sites is 2. The van der Waals surface area contributed by atoms with Crippen LogP contribution in [0.15, 0.2) is 64.4 Å². The molecule has 4 rings (SSSR count). The number of aromatic nitrogens is 4. The summed E-state index contributed by atoms with van der Waals surface area (Å²) >= 11 is 0. The SMILES string of the molecule is COc1ccccc1-n1c(=O)n(CCC(C)C)c(=O)c2c1ncn2Cc1ccc(C#N)cc1. The van der Waals surface area contributed by atoms with Crippen LogP contribution < -0.4 is 16.0 Å². The highest BCUT2D eigenvalue weighted by molar-refractivity contribution is 5.73. The van der Waals surface area contributed by atoms with Gasteiger partial charge in [-0.25, -0.2) is 14.3 Å². The molecule has 2 aromatic heterocycles. The Morgan fingerprint density at radius 2 is 1.82 bits per heavy atom. The van der Waals surface area contributed by atoms with Crippen LogP contribution in [0.3, 0.4) is 0 Å². The van der Waals surface area contributed by atoms with Crippen LogP contribution in [0.4, 0.5) is 0 Å². The second-order valence-electron chi connectivity index (χ2n) is 8.28. The molecule has 0 aliphatic rings. The Labute approximate surface area is 190 Å².